The van der Waals surface area contributed by atoms with Gasteiger partial charge in [0, 0.05) is 12.6 Å². The second-order valence-electron chi connectivity index (χ2n) is 7.57. The average Bonchev–Trinajstić information content (AvgIpc) is 2.89. The Labute approximate surface area is 180 Å². The van der Waals surface area contributed by atoms with Crippen molar-refractivity contribution < 1.29 is 23.9 Å². The first-order valence-corrected chi connectivity index (χ1v) is 10.3. The molecule has 162 valence electrons. The molecule has 2 aliphatic heterocycles. The minimum absolute atomic E-state index is 0.161. The number of hydrogen-bond donors (Lipinski definition) is 1. The summed E-state index contributed by atoms with van der Waals surface area (Å²) in [6, 6.07) is 11.5. The molecule has 1 N–H and O–H groups in total. The molecule has 0 unspecified atom stereocenters. The molecule has 8 nitrogen and oxygen atoms in total. The lowest BCUT2D eigenvalue weighted by Crippen LogP contribution is -2.52. The van der Waals surface area contributed by atoms with Gasteiger partial charge in [-0.3, -0.25) is 14.4 Å². The molecular formula is C23H25N3O5. The van der Waals surface area contributed by atoms with Gasteiger partial charge in [0.05, 0.1) is 31.2 Å². The van der Waals surface area contributed by atoms with Crippen molar-refractivity contribution in [2.75, 3.05) is 37.5 Å². The highest BCUT2D eigenvalue weighted by Crippen LogP contribution is 2.32. The molecule has 0 aromatic heterocycles. The van der Waals surface area contributed by atoms with Gasteiger partial charge in [0.1, 0.15) is 24.1 Å². The Kier molecular flexibility index (Phi) is 5.79. The van der Waals surface area contributed by atoms with Gasteiger partial charge in [-0.25, -0.2) is 0 Å². The van der Waals surface area contributed by atoms with E-state index in [0.29, 0.717) is 41.4 Å². The number of carbonyl (C=O) groups is 3. The third-order valence-electron chi connectivity index (χ3n) is 5.72. The summed E-state index contributed by atoms with van der Waals surface area (Å²) in [5.41, 5.74) is 1.34. The molecule has 1 fully saturated rings. The summed E-state index contributed by atoms with van der Waals surface area (Å²) in [7, 11) is 3.04. The van der Waals surface area contributed by atoms with Crippen LogP contribution < -0.4 is 19.7 Å². The number of rotatable bonds is 5. The van der Waals surface area contributed by atoms with E-state index in [1.807, 2.05) is 0 Å². The Bertz CT molecular complexity index is 1020. The summed E-state index contributed by atoms with van der Waals surface area (Å²) < 4.78 is 10.5. The molecule has 0 saturated carbocycles. The normalized spacial score (nSPS) is 18.1. The Morgan fingerprint density at radius 2 is 1.90 bits per heavy atom. The molecule has 8 heteroatoms. The number of nitrogens with one attached hydrogen (secondary N) is 1. The molecule has 0 bridgehead atoms. The van der Waals surface area contributed by atoms with Gasteiger partial charge in [-0.15, -0.1) is 0 Å². The van der Waals surface area contributed by atoms with Crippen molar-refractivity contribution in [3.05, 3.63) is 48.0 Å². The monoisotopic (exact) mass is 423 g/mol. The van der Waals surface area contributed by atoms with Crippen LogP contribution in [-0.2, 0) is 9.59 Å². The highest BCUT2D eigenvalue weighted by Gasteiger charge is 2.41. The van der Waals surface area contributed by atoms with Crippen molar-refractivity contribution in [1.29, 1.82) is 0 Å². The summed E-state index contributed by atoms with van der Waals surface area (Å²) in [5, 5.41) is 2.80. The topological polar surface area (TPSA) is 88.2 Å². The van der Waals surface area contributed by atoms with Crippen LogP contribution in [0.3, 0.4) is 0 Å². The van der Waals surface area contributed by atoms with Gasteiger partial charge in [-0.1, -0.05) is 12.1 Å². The van der Waals surface area contributed by atoms with E-state index in [0.717, 1.165) is 12.8 Å². The molecule has 2 aromatic rings. The van der Waals surface area contributed by atoms with Crippen LogP contribution in [0.4, 0.5) is 11.4 Å². The maximum absolute atomic E-state index is 13.4. The van der Waals surface area contributed by atoms with Crippen molar-refractivity contribution in [3.63, 3.8) is 0 Å². The van der Waals surface area contributed by atoms with E-state index in [2.05, 4.69) is 5.32 Å². The molecule has 3 amide bonds. The molecule has 0 aliphatic carbocycles. The fourth-order valence-corrected chi connectivity index (χ4v) is 4.18. The first kappa shape index (κ1) is 20.7. The largest absolute Gasteiger partial charge is 0.497 e. The van der Waals surface area contributed by atoms with Gasteiger partial charge in [0.15, 0.2) is 0 Å². The van der Waals surface area contributed by atoms with Crippen LogP contribution in [0.1, 0.15) is 29.6 Å². The predicted octanol–water partition coefficient (Wildman–Crippen LogP) is 2.68. The van der Waals surface area contributed by atoms with Crippen LogP contribution in [0.25, 0.3) is 0 Å². The zero-order valence-corrected chi connectivity index (χ0v) is 17.6. The van der Waals surface area contributed by atoms with E-state index in [1.54, 1.807) is 47.4 Å². The van der Waals surface area contributed by atoms with Crippen LogP contribution in [0.2, 0.25) is 0 Å². The third kappa shape index (κ3) is 3.93. The third-order valence-corrected chi connectivity index (χ3v) is 5.72. The van der Waals surface area contributed by atoms with Crippen molar-refractivity contribution in [2.45, 2.75) is 25.3 Å². The van der Waals surface area contributed by atoms with Crippen molar-refractivity contribution in [1.82, 2.24) is 4.90 Å². The number of para-hydroxylation sites is 1. The number of benzene rings is 2. The van der Waals surface area contributed by atoms with Crippen LogP contribution in [0.5, 0.6) is 11.5 Å². The highest BCUT2D eigenvalue weighted by atomic mass is 16.5. The van der Waals surface area contributed by atoms with Crippen molar-refractivity contribution >= 4 is 29.1 Å². The zero-order valence-electron chi connectivity index (χ0n) is 17.6. The van der Waals surface area contributed by atoms with Crippen molar-refractivity contribution in [2.24, 2.45) is 0 Å². The molecule has 2 aromatic carbocycles. The lowest BCUT2D eigenvalue weighted by Gasteiger charge is -2.34. The summed E-state index contributed by atoms with van der Waals surface area (Å²) in [5.74, 6) is 0.254. The number of methoxy groups -OCH3 is 2. The molecule has 1 atom stereocenters. The Morgan fingerprint density at radius 1 is 1.10 bits per heavy atom. The highest BCUT2D eigenvalue weighted by molar-refractivity contribution is 6.13. The Morgan fingerprint density at radius 3 is 2.68 bits per heavy atom. The predicted molar refractivity (Wildman–Crippen MR) is 116 cm³/mol. The van der Waals surface area contributed by atoms with E-state index in [9.17, 15) is 14.4 Å². The fourth-order valence-electron chi connectivity index (χ4n) is 4.18. The number of fused-ring (bicyclic) bond motifs is 2. The molecule has 31 heavy (non-hydrogen) atoms. The molecule has 0 spiro atoms. The lowest BCUT2D eigenvalue weighted by atomic mass is 10.0. The summed E-state index contributed by atoms with van der Waals surface area (Å²) in [4.78, 5) is 42.5. The Hall–Kier alpha value is -3.55. The van der Waals surface area contributed by atoms with Gasteiger partial charge in [-0.2, -0.15) is 0 Å². The average molecular weight is 423 g/mol. The standard InChI is InChI=1S/C23H25N3O5/c1-30-15-10-11-20(31-2)17(13-15)24-21(27)14-26-18-8-4-3-7-16(18)22(28)25-12-6-5-9-19(25)23(26)29/h3-4,7-8,10-11,13,19H,5-6,9,12,14H2,1-2H3,(H,24,27)/t19-/m1/s1. The van der Waals surface area contributed by atoms with E-state index < -0.39 is 11.9 Å². The van der Waals surface area contributed by atoms with E-state index in [4.69, 9.17) is 9.47 Å². The van der Waals surface area contributed by atoms with Gasteiger partial charge in [0.2, 0.25) is 11.8 Å². The quantitative estimate of drug-likeness (QED) is 0.799. The van der Waals surface area contributed by atoms with Crippen molar-refractivity contribution in [3.8, 4) is 11.5 Å². The smallest absolute Gasteiger partial charge is 0.256 e. The SMILES string of the molecule is COc1ccc(OC)c(NC(=O)CN2C(=O)[C@H]3CCCCN3C(=O)c3ccccc32)c1. The molecule has 1 saturated heterocycles. The minimum atomic E-state index is -0.548. The van der Waals surface area contributed by atoms with E-state index in [-0.39, 0.29) is 18.4 Å². The molecule has 2 aliphatic rings. The van der Waals surface area contributed by atoms with Gasteiger partial charge in [-0.05, 0) is 43.5 Å². The second-order valence-corrected chi connectivity index (χ2v) is 7.57. The number of amides is 3. The number of ether oxygens (including phenoxy) is 2. The van der Waals surface area contributed by atoms with Crippen LogP contribution in [0.15, 0.2) is 42.5 Å². The maximum Gasteiger partial charge on any atom is 0.256 e. The first-order chi connectivity index (χ1) is 15.0. The molecule has 4 rings (SSSR count). The summed E-state index contributed by atoms with van der Waals surface area (Å²) >= 11 is 0. The van der Waals surface area contributed by atoms with Crippen LogP contribution in [-0.4, -0.2) is 56.0 Å². The van der Waals surface area contributed by atoms with Crippen LogP contribution in [0, 0.1) is 0 Å². The second kappa shape index (κ2) is 8.67. The molecule has 2 heterocycles. The minimum Gasteiger partial charge on any atom is -0.497 e. The molecular weight excluding hydrogens is 398 g/mol. The first-order valence-electron chi connectivity index (χ1n) is 10.3. The number of carbonyl (C=O) groups excluding carboxylic acids is 3. The number of nitrogens with zero attached hydrogens (tertiary/aromatic N) is 2. The van der Waals surface area contributed by atoms with Gasteiger partial charge < -0.3 is 24.6 Å². The maximum atomic E-state index is 13.4. The fraction of sp³-hybridized carbons (Fsp3) is 0.348. The van der Waals surface area contributed by atoms with Gasteiger partial charge in [0.25, 0.3) is 5.91 Å². The number of anilines is 2. The van der Waals surface area contributed by atoms with Gasteiger partial charge >= 0.3 is 0 Å². The lowest BCUT2D eigenvalue weighted by molar-refractivity contribution is -0.125. The van der Waals surface area contributed by atoms with E-state index >= 15 is 0 Å². The Balaban J connectivity index is 1.64. The van der Waals surface area contributed by atoms with E-state index in [1.165, 1.54) is 19.1 Å². The summed E-state index contributed by atoms with van der Waals surface area (Å²) in [6.45, 7) is 0.332. The van der Waals surface area contributed by atoms with Crippen LogP contribution >= 0.6 is 0 Å². The summed E-state index contributed by atoms with van der Waals surface area (Å²) in [6.07, 6.45) is 2.34. The number of hydrogen-bond acceptors (Lipinski definition) is 5. The zero-order chi connectivity index (χ0) is 22.0. The molecule has 0 radical (unpaired) electrons. The number of piperidine rings is 1.